The molecule has 3 heterocycles. The monoisotopic (exact) mass is 378 g/mol. The van der Waals surface area contributed by atoms with Crippen molar-refractivity contribution in [2.75, 3.05) is 27.2 Å². The van der Waals surface area contributed by atoms with E-state index in [1.807, 2.05) is 42.5 Å². The minimum atomic E-state index is 0.111. The zero-order valence-corrected chi connectivity index (χ0v) is 16.7. The van der Waals surface area contributed by atoms with Crippen LogP contribution in [0, 0.1) is 0 Å². The van der Waals surface area contributed by atoms with Gasteiger partial charge in [0.1, 0.15) is 5.82 Å². The van der Waals surface area contributed by atoms with Gasteiger partial charge in [-0.05, 0) is 38.6 Å². The molecule has 1 aliphatic heterocycles. The number of fused-ring (bicyclic) bond motifs is 1. The van der Waals surface area contributed by atoms with Crippen LogP contribution in [0.1, 0.15) is 18.7 Å². The number of likely N-dealkylation sites (tertiary alicyclic amines) is 1. The lowest BCUT2D eigenvalue weighted by atomic mass is 10.0. The highest BCUT2D eigenvalue weighted by Crippen LogP contribution is 2.23. The lowest BCUT2D eigenvalue weighted by Gasteiger charge is -2.35. The summed E-state index contributed by atoms with van der Waals surface area (Å²) in [6, 6.07) is 6.65. The second-order valence-electron chi connectivity index (χ2n) is 7.71. The van der Waals surface area contributed by atoms with Crippen LogP contribution in [-0.4, -0.2) is 68.7 Å². The van der Waals surface area contributed by atoms with Crippen molar-refractivity contribution in [2.45, 2.75) is 25.3 Å². The number of hydrogen-bond acceptors (Lipinski definition) is 5. The fourth-order valence-electron chi connectivity index (χ4n) is 3.78. The Morgan fingerprint density at radius 2 is 1.96 bits per heavy atom. The van der Waals surface area contributed by atoms with Crippen LogP contribution in [0.15, 0.2) is 36.8 Å². The third-order valence-corrected chi connectivity index (χ3v) is 5.53. The number of amides is 1. The summed E-state index contributed by atoms with van der Waals surface area (Å²) < 4.78 is 1.78. The van der Waals surface area contributed by atoms with E-state index >= 15 is 0 Å². The number of carbonyl (C=O) groups excluding carboxylic acids is 1. The highest BCUT2D eigenvalue weighted by molar-refractivity contribution is 5.84. The van der Waals surface area contributed by atoms with Gasteiger partial charge >= 0.3 is 0 Å². The van der Waals surface area contributed by atoms with Crippen molar-refractivity contribution in [3.63, 3.8) is 0 Å². The molecule has 3 aromatic rings. The number of piperidine rings is 1. The summed E-state index contributed by atoms with van der Waals surface area (Å²) in [5.41, 5.74) is 2.96. The number of rotatable bonds is 4. The Balaban J connectivity index is 1.49. The third kappa shape index (κ3) is 3.89. The lowest BCUT2D eigenvalue weighted by Crippen LogP contribution is -2.45. The summed E-state index contributed by atoms with van der Waals surface area (Å²) in [5.74, 6) is 0.690. The summed E-state index contributed by atoms with van der Waals surface area (Å²) in [6.07, 6.45) is 7.90. The molecule has 0 bridgehead atoms. The first-order valence-corrected chi connectivity index (χ1v) is 9.68. The summed E-state index contributed by atoms with van der Waals surface area (Å²) in [6.45, 7) is 1.61. The Hall–Kier alpha value is -2.80. The van der Waals surface area contributed by atoms with E-state index in [4.69, 9.17) is 0 Å². The molecule has 2 aromatic heterocycles. The van der Waals surface area contributed by atoms with Crippen molar-refractivity contribution in [3.05, 3.63) is 42.6 Å². The molecule has 7 heteroatoms. The van der Waals surface area contributed by atoms with Gasteiger partial charge < -0.3 is 9.80 Å². The van der Waals surface area contributed by atoms with Crippen LogP contribution in [0.2, 0.25) is 0 Å². The molecule has 1 fully saturated rings. The molecular formula is C21H26N6O. The van der Waals surface area contributed by atoms with Gasteiger partial charge in [0.25, 0.3) is 0 Å². The summed E-state index contributed by atoms with van der Waals surface area (Å²) >= 11 is 0. The third-order valence-electron chi connectivity index (χ3n) is 5.53. The molecule has 0 atom stereocenters. The van der Waals surface area contributed by atoms with E-state index in [2.05, 4.69) is 34.1 Å². The number of carbonyl (C=O) groups is 1. The van der Waals surface area contributed by atoms with Crippen LogP contribution in [0.5, 0.6) is 0 Å². The summed E-state index contributed by atoms with van der Waals surface area (Å²) in [4.78, 5) is 25.9. The number of aromatic nitrogens is 4. The highest BCUT2D eigenvalue weighted by atomic mass is 16.2. The van der Waals surface area contributed by atoms with Gasteiger partial charge in [0.05, 0.1) is 18.1 Å². The molecule has 0 saturated carbocycles. The first-order chi connectivity index (χ1) is 13.5. The van der Waals surface area contributed by atoms with E-state index in [-0.39, 0.29) is 12.3 Å². The SMILES string of the molecule is CN(C)C1CCN(C(=O)Cc2ncc3ccc(-c4cnn(C)c4)cc3n2)CC1. The van der Waals surface area contributed by atoms with Crippen molar-refractivity contribution in [1.82, 2.24) is 29.5 Å². The fraction of sp³-hybridized carbons (Fsp3) is 0.429. The van der Waals surface area contributed by atoms with Gasteiger partial charge in [0.15, 0.2) is 0 Å². The Kier molecular flexibility index (Phi) is 5.09. The van der Waals surface area contributed by atoms with E-state index < -0.39 is 0 Å². The summed E-state index contributed by atoms with van der Waals surface area (Å²) in [5, 5.41) is 5.20. The maximum Gasteiger partial charge on any atom is 0.230 e. The Morgan fingerprint density at radius 3 is 2.64 bits per heavy atom. The average molecular weight is 378 g/mol. The lowest BCUT2D eigenvalue weighted by molar-refractivity contribution is -0.132. The molecule has 28 heavy (non-hydrogen) atoms. The van der Waals surface area contributed by atoms with Gasteiger partial charge in [0, 0.05) is 49.5 Å². The molecule has 1 aliphatic rings. The van der Waals surface area contributed by atoms with E-state index in [1.54, 1.807) is 10.9 Å². The van der Waals surface area contributed by atoms with Gasteiger partial charge in [-0.15, -0.1) is 0 Å². The molecule has 146 valence electrons. The zero-order valence-electron chi connectivity index (χ0n) is 16.7. The van der Waals surface area contributed by atoms with Crippen LogP contribution in [0.3, 0.4) is 0 Å². The van der Waals surface area contributed by atoms with Gasteiger partial charge in [-0.1, -0.05) is 12.1 Å². The second kappa shape index (κ2) is 7.67. The maximum atomic E-state index is 12.7. The molecule has 0 unspecified atom stereocenters. The van der Waals surface area contributed by atoms with E-state index in [9.17, 15) is 4.79 Å². The number of nitrogens with zero attached hydrogens (tertiary/aromatic N) is 6. The van der Waals surface area contributed by atoms with Gasteiger partial charge in [-0.3, -0.25) is 9.48 Å². The van der Waals surface area contributed by atoms with E-state index in [0.717, 1.165) is 48.0 Å². The summed E-state index contributed by atoms with van der Waals surface area (Å²) in [7, 11) is 6.10. The van der Waals surface area contributed by atoms with Crippen molar-refractivity contribution >= 4 is 16.8 Å². The van der Waals surface area contributed by atoms with Crippen molar-refractivity contribution < 1.29 is 4.79 Å². The smallest absolute Gasteiger partial charge is 0.230 e. The van der Waals surface area contributed by atoms with E-state index in [0.29, 0.717) is 11.9 Å². The largest absolute Gasteiger partial charge is 0.342 e. The normalized spacial score (nSPS) is 15.5. The fourth-order valence-corrected chi connectivity index (χ4v) is 3.78. The Morgan fingerprint density at radius 1 is 1.18 bits per heavy atom. The number of hydrogen-bond donors (Lipinski definition) is 0. The van der Waals surface area contributed by atoms with Gasteiger partial charge in [-0.2, -0.15) is 5.10 Å². The maximum absolute atomic E-state index is 12.7. The molecular weight excluding hydrogens is 352 g/mol. The molecule has 1 aromatic carbocycles. The Bertz CT molecular complexity index is 987. The van der Waals surface area contributed by atoms with Crippen molar-refractivity contribution in [3.8, 4) is 11.1 Å². The van der Waals surface area contributed by atoms with Crippen LogP contribution < -0.4 is 0 Å². The van der Waals surface area contributed by atoms with Crippen LogP contribution >= 0.6 is 0 Å². The first kappa shape index (κ1) is 18.6. The first-order valence-electron chi connectivity index (χ1n) is 9.68. The van der Waals surface area contributed by atoms with Crippen molar-refractivity contribution in [2.24, 2.45) is 7.05 Å². The van der Waals surface area contributed by atoms with E-state index in [1.165, 1.54) is 0 Å². The molecule has 7 nitrogen and oxygen atoms in total. The van der Waals surface area contributed by atoms with Gasteiger partial charge in [0.2, 0.25) is 5.91 Å². The topological polar surface area (TPSA) is 67.2 Å². The molecule has 0 radical (unpaired) electrons. The standard InChI is InChI=1S/C21H26N6O/c1-25(2)18-6-8-27(9-7-18)21(28)11-20-22-12-16-5-4-15(10-19(16)24-20)17-13-23-26(3)14-17/h4-5,10,12-14,18H,6-9,11H2,1-3H3. The van der Waals surface area contributed by atoms with Gasteiger partial charge in [-0.25, -0.2) is 9.97 Å². The number of aryl methyl sites for hydroxylation is 1. The zero-order chi connectivity index (χ0) is 19.7. The number of benzene rings is 1. The molecule has 0 aliphatic carbocycles. The molecule has 0 N–H and O–H groups in total. The minimum Gasteiger partial charge on any atom is -0.342 e. The van der Waals surface area contributed by atoms with Crippen LogP contribution in [-0.2, 0) is 18.3 Å². The predicted octanol–water partition coefficient (Wildman–Crippen LogP) is 2.13. The highest BCUT2D eigenvalue weighted by Gasteiger charge is 2.24. The molecule has 1 saturated heterocycles. The minimum absolute atomic E-state index is 0.111. The molecule has 4 rings (SSSR count). The van der Waals surface area contributed by atoms with Crippen LogP contribution in [0.25, 0.3) is 22.0 Å². The predicted molar refractivity (Wildman–Crippen MR) is 109 cm³/mol. The van der Waals surface area contributed by atoms with Crippen molar-refractivity contribution in [1.29, 1.82) is 0 Å². The second-order valence-corrected chi connectivity index (χ2v) is 7.71. The average Bonchev–Trinajstić information content (AvgIpc) is 3.14. The Labute approximate surface area is 165 Å². The molecule has 0 spiro atoms. The molecule has 1 amide bonds. The quantitative estimate of drug-likeness (QED) is 0.696. The van der Waals surface area contributed by atoms with Crippen LogP contribution in [0.4, 0.5) is 0 Å².